The summed E-state index contributed by atoms with van der Waals surface area (Å²) in [6.07, 6.45) is 3.88. The quantitative estimate of drug-likeness (QED) is 0.399. The maximum absolute atomic E-state index is 4.25. The van der Waals surface area contributed by atoms with Crippen molar-refractivity contribution < 1.29 is 4.57 Å². The van der Waals surface area contributed by atoms with Gasteiger partial charge in [0.1, 0.15) is 16.8 Å². The van der Waals surface area contributed by atoms with E-state index in [-0.39, 0.29) is 0 Å². The highest BCUT2D eigenvalue weighted by Gasteiger charge is 2.32. The molecule has 1 aliphatic heterocycles. The smallest absolute Gasteiger partial charge is 0.264 e. The van der Waals surface area contributed by atoms with E-state index in [9.17, 15) is 0 Å². The molecule has 0 aliphatic carbocycles. The van der Waals surface area contributed by atoms with Crippen LogP contribution in [0, 0.1) is 0 Å². The predicted molar refractivity (Wildman–Crippen MR) is 80.8 cm³/mol. The number of thiazole rings is 1. The van der Waals surface area contributed by atoms with Gasteiger partial charge in [0.25, 0.3) is 0 Å². The number of aryl methyl sites for hydroxylation is 1. The molecular weight excluding hydrogens is 266 g/mol. The van der Waals surface area contributed by atoms with Crippen LogP contribution in [-0.4, -0.2) is 9.55 Å². The molecule has 0 N–H and O–H groups in total. The van der Waals surface area contributed by atoms with Gasteiger partial charge in [0.2, 0.25) is 0 Å². The summed E-state index contributed by atoms with van der Waals surface area (Å²) < 4.78 is 6.12. The minimum absolute atomic E-state index is 0.933. The minimum atomic E-state index is 0.933. The van der Waals surface area contributed by atoms with Gasteiger partial charge in [-0.3, -0.25) is 4.98 Å². The molecule has 0 atom stereocenters. The van der Waals surface area contributed by atoms with E-state index in [0.29, 0.717) is 0 Å². The van der Waals surface area contributed by atoms with Crippen LogP contribution in [0.15, 0.2) is 42.7 Å². The van der Waals surface area contributed by atoms with Gasteiger partial charge in [-0.25, -0.2) is 9.13 Å². The highest BCUT2D eigenvalue weighted by molar-refractivity contribution is 7.22. The van der Waals surface area contributed by atoms with Gasteiger partial charge < -0.3 is 0 Å². The lowest BCUT2D eigenvalue weighted by Crippen LogP contribution is -2.32. The Labute approximate surface area is 119 Å². The summed E-state index contributed by atoms with van der Waals surface area (Å²) in [5.41, 5.74) is 5.29. The van der Waals surface area contributed by atoms with Crippen molar-refractivity contribution in [2.75, 3.05) is 0 Å². The second kappa shape index (κ2) is 3.46. The van der Waals surface area contributed by atoms with Crippen LogP contribution in [0.4, 0.5) is 0 Å². The molecule has 3 nitrogen and oxygen atoms in total. The Balaban J connectivity index is 1.97. The van der Waals surface area contributed by atoms with Crippen molar-refractivity contribution in [1.82, 2.24) is 9.55 Å². The van der Waals surface area contributed by atoms with E-state index in [2.05, 4.69) is 51.5 Å². The summed E-state index contributed by atoms with van der Waals surface area (Å²) in [7, 11) is 2.16. The number of para-hydroxylation sites is 1. The topological polar surface area (TPSA) is 21.7 Å². The molecule has 5 rings (SSSR count). The van der Waals surface area contributed by atoms with Gasteiger partial charge in [0.15, 0.2) is 5.01 Å². The van der Waals surface area contributed by atoms with Crippen LogP contribution in [0.1, 0.15) is 5.56 Å². The Kier molecular flexibility index (Phi) is 1.83. The third kappa shape index (κ3) is 1.11. The Morgan fingerprint density at radius 2 is 2.15 bits per heavy atom. The molecule has 4 aromatic rings. The fraction of sp³-hybridized carbons (Fsp3) is 0.125. The van der Waals surface area contributed by atoms with E-state index < -0.39 is 0 Å². The van der Waals surface area contributed by atoms with Crippen molar-refractivity contribution in [3.05, 3.63) is 48.3 Å². The molecule has 96 valence electrons. The number of fused-ring (bicyclic) bond motifs is 7. The number of aromatic nitrogens is 3. The van der Waals surface area contributed by atoms with Crippen LogP contribution >= 0.6 is 11.3 Å². The Morgan fingerprint density at radius 1 is 1.25 bits per heavy atom. The first-order chi connectivity index (χ1) is 9.84. The molecule has 0 fully saturated rings. The van der Waals surface area contributed by atoms with E-state index in [4.69, 9.17) is 0 Å². The van der Waals surface area contributed by atoms with Gasteiger partial charge in [-0.05, 0) is 18.2 Å². The zero-order chi connectivity index (χ0) is 13.3. The third-order valence-corrected chi connectivity index (χ3v) is 5.43. The van der Waals surface area contributed by atoms with Crippen LogP contribution in [0.5, 0.6) is 0 Å². The Morgan fingerprint density at radius 3 is 3.10 bits per heavy atom. The second-order valence-corrected chi connectivity index (χ2v) is 6.25. The maximum Gasteiger partial charge on any atom is 0.301 e. The van der Waals surface area contributed by atoms with E-state index >= 15 is 0 Å². The molecule has 0 unspecified atom stereocenters. The predicted octanol–water partition coefficient (Wildman–Crippen LogP) is 3.10. The number of nitrogens with zero attached hydrogens (tertiary/aromatic N) is 3. The van der Waals surface area contributed by atoms with Gasteiger partial charge in [-0.15, -0.1) is 0 Å². The van der Waals surface area contributed by atoms with Crippen molar-refractivity contribution in [2.45, 2.75) is 6.54 Å². The molecular formula is C16H12N3S+. The average molecular weight is 278 g/mol. The van der Waals surface area contributed by atoms with Gasteiger partial charge >= 0.3 is 5.65 Å². The molecule has 4 heteroatoms. The van der Waals surface area contributed by atoms with Crippen molar-refractivity contribution >= 4 is 32.6 Å². The molecule has 20 heavy (non-hydrogen) atoms. The Hall–Kier alpha value is -2.20. The highest BCUT2D eigenvalue weighted by atomic mass is 32.1. The summed E-state index contributed by atoms with van der Waals surface area (Å²) in [5.74, 6) is 0. The monoisotopic (exact) mass is 278 g/mol. The maximum atomic E-state index is 4.25. The fourth-order valence-corrected chi connectivity index (χ4v) is 4.66. The number of benzene rings is 1. The molecule has 0 spiro atoms. The highest BCUT2D eigenvalue weighted by Crippen LogP contribution is 2.39. The SMILES string of the molecule is Cn1c2ccccc2c2sc3[n+](c21)Cc1cnccc1-3. The normalized spacial score (nSPS) is 13.1. The van der Waals surface area contributed by atoms with E-state index in [1.807, 2.05) is 23.7 Å². The summed E-state index contributed by atoms with van der Waals surface area (Å²) >= 11 is 1.89. The lowest BCUT2D eigenvalue weighted by Gasteiger charge is -1.93. The third-order valence-electron chi connectivity index (χ3n) is 4.19. The molecule has 0 saturated heterocycles. The lowest BCUT2D eigenvalue weighted by atomic mass is 10.2. The number of hydrogen-bond donors (Lipinski definition) is 0. The largest absolute Gasteiger partial charge is 0.301 e. The summed E-state index contributed by atoms with van der Waals surface area (Å²) in [6, 6.07) is 10.8. The van der Waals surface area contributed by atoms with Crippen molar-refractivity contribution in [2.24, 2.45) is 7.05 Å². The molecule has 0 bridgehead atoms. The van der Waals surface area contributed by atoms with Crippen LogP contribution in [0.3, 0.4) is 0 Å². The minimum Gasteiger partial charge on any atom is -0.264 e. The zero-order valence-electron chi connectivity index (χ0n) is 11.0. The van der Waals surface area contributed by atoms with E-state index in [0.717, 1.165) is 6.54 Å². The first-order valence-electron chi connectivity index (χ1n) is 6.67. The van der Waals surface area contributed by atoms with Crippen LogP contribution in [0.2, 0.25) is 0 Å². The molecule has 0 saturated carbocycles. The summed E-state index contributed by atoms with van der Waals surface area (Å²) in [4.78, 5) is 4.25. The first kappa shape index (κ1) is 10.6. The van der Waals surface area contributed by atoms with Crippen LogP contribution in [0.25, 0.3) is 31.8 Å². The van der Waals surface area contributed by atoms with Crippen molar-refractivity contribution in [3.63, 3.8) is 0 Å². The van der Waals surface area contributed by atoms with E-state index in [1.165, 1.54) is 37.4 Å². The number of hydrogen-bond acceptors (Lipinski definition) is 2. The summed E-state index contributed by atoms with van der Waals surface area (Å²) in [5, 5.41) is 2.71. The standard InChI is InChI=1S/C16H12N3S/c1-18-13-5-3-2-4-12(13)14-15(18)19-9-10-8-17-7-6-11(10)16(19)20-14/h2-8H,9H2,1H3/q+1. The Bertz CT molecular complexity index is 994. The van der Waals surface area contributed by atoms with Crippen molar-refractivity contribution in [1.29, 1.82) is 0 Å². The van der Waals surface area contributed by atoms with Gasteiger partial charge in [0.05, 0.1) is 7.05 Å². The van der Waals surface area contributed by atoms with E-state index in [1.54, 1.807) is 0 Å². The van der Waals surface area contributed by atoms with Crippen LogP contribution in [-0.2, 0) is 13.6 Å². The average Bonchev–Trinajstić information content (AvgIpc) is 3.09. The molecule has 0 amide bonds. The second-order valence-electron chi connectivity index (χ2n) is 5.26. The molecule has 3 aromatic heterocycles. The molecule has 1 aliphatic rings. The molecule has 4 heterocycles. The van der Waals surface area contributed by atoms with Crippen LogP contribution < -0.4 is 4.57 Å². The van der Waals surface area contributed by atoms with Gasteiger partial charge in [-0.1, -0.05) is 23.5 Å². The fourth-order valence-electron chi connectivity index (χ4n) is 3.28. The first-order valence-corrected chi connectivity index (χ1v) is 7.49. The molecule has 0 radical (unpaired) electrons. The summed E-state index contributed by atoms with van der Waals surface area (Å²) in [6.45, 7) is 0.933. The number of rotatable bonds is 0. The van der Waals surface area contributed by atoms with Gasteiger partial charge in [0, 0.05) is 28.9 Å². The van der Waals surface area contributed by atoms with Crippen molar-refractivity contribution in [3.8, 4) is 10.6 Å². The number of pyridine rings is 1. The molecule has 1 aromatic carbocycles. The lowest BCUT2D eigenvalue weighted by molar-refractivity contribution is -0.644. The zero-order valence-corrected chi connectivity index (χ0v) is 11.8. The van der Waals surface area contributed by atoms with Gasteiger partial charge in [-0.2, -0.15) is 0 Å².